The lowest BCUT2D eigenvalue weighted by molar-refractivity contribution is 0.0630. The summed E-state index contributed by atoms with van der Waals surface area (Å²) in [5, 5.41) is 0. The first kappa shape index (κ1) is 12.7. The molecule has 1 aromatic rings. The Labute approximate surface area is 108 Å². The Morgan fingerprint density at radius 2 is 2.22 bits per heavy atom. The third-order valence-corrected chi connectivity index (χ3v) is 3.30. The van der Waals surface area contributed by atoms with E-state index in [1.807, 2.05) is 4.90 Å². The highest BCUT2D eigenvalue weighted by Gasteiger charge is 2.29. The molecular formula is C15H17NO2. The Balaban J connectivity index is 2.12. The number of benzene rings is 1. The number of carbonyl (C=O) groups is 1. The lowest BCUT2D eigenvalue weighted by Gasteiger charge is -2.24. The third-order valence-electron chi connectivity index (χ3n) is 3.30. The fourth-order valence-corrected chi connectivity index (χ4v) is 2.34. The minimum absolute atomic E-state index is 0.0677. The van der Waals surface area contributed by atoms with E-state index in [9.17, 15) is 4.79 Å². The smallest absolute Gasteiger partial charge is 0.254 e. The predicted octanol–water partition coefficient (Wildman–Crippen LogP) is 1.92. The maximum absolute atomic E-state index is 12.4. The second-order valence-corrected chi connectivity index (χ2v) is 4.47. The minimum atomic E-state index is 0.0677. The molecule has 0 aliphatic carbocycles. The van der Waals surface area contributed by atoms with Crippen molar-refractivity contribution >= 4 is 5.91 Å². The van der Waals surface area contributed by atoms with Gasteiger partial charge in [-0.2, -0.15) is 0 Å². The van der Waals surface area contributed by atoms with Gasteiger partial charge in [0.2, 0.25) is 0 Å². The average Bonchev–Trinajstić information content (AvgIpc) is 2.87. The molecule has 0 saturated carbocycles. The number of nitrogens with zero attached hydrogens (tertiary/aromatic N) is 1. The molecule has 3 heteroatoms. The number of likely N-dealkylation sites (tertiary alicyclic amines) is 1. The van der Waals surface area contributed by atoms with E-state index in [0.29, 0.717) is 12.2 Å². The molecule has 1 aliphatic rings. The van der Waals surface area contributed by atoms with Crippen LogP contribution in [0.25, 0.3) is 0 Å². The Hall–Kier alpha value is -1.79. The molecule has 3 nitrogen and oxygen atoms in total. The highest BCUT2D eigenvalue weighted by atomic mass is 16.5. The molecule has 1 heterocycles. The number of ether oxygens (including phenoxy) is 1. The van der Waals surface area contributed by atoms with Crippen LogP contribution >= 0.6 is 0 Å². The zero-order valence-electron chi connectivity index (χ0n) is 10.6. The summed E-state index contributed by atoms with van der Waals surface area (Å²) in [6.45, 7) is 1.41. The van der Waals surface area contributed by atoms with Crippen molar-refractivity contribution in [1.82, 2.24) is 4.90 Å². The molecule has 0 unspecified atom stereocenters. The summed E-state index contributed by atoms with van der Waals surface area (Å²) in [6.07, 6.45) is 7.36. The van der Waals surface area contributed by atoms with Crippen LogP contribution in [0.5, 0.6) is 0 Å². The van der Waals surface area contributed by atoms with E-state index in [4.69, 9.17) is 11.2 Å². The fourth-order valence-electron chi connectivity index (χ4n) is 2.34. The Morgan fingerprint density at radius 3 is 2.83 bits per heavy atom. The standard InChI is InChI=1S/C15H17NO2/c1-3-12-6-8-13(9-7-12)15(17)16-10-4-5-14(16)11-18-2/h1,6-9,14H,4-5,10-11H2,2H3/t14-/m0/s1. The Bertz CT molecular complexity index is 458. The Morgan fingerprint density at radius 1 is 1.50 bits per heavy atom. The molecule has 1 atom stereocenters. The van der Waals surface area contributed by atoms with Gasteiger partial charge in [-0.15, -0.1) is 6.42 Å². The molecule has 1 amide bonds. The van der Waals surface area contributed by atoms with Crippen molar-refractivity contribution in [3.8, 4) is 12.3 Å². The number of amides is 1. The van der Waals surface area contributed by atoms with E-state index in [2.05, 4.69) is 5.92 Å². The van der Waals surface area contributed by atoms with Crippen molar-refractivity contribution in [3.05, 3.63) is 35.4 Å². The van der Waals surface area contributed by atoms with E-state index in [1.165, 1.54) is 0 Å². The van der Waals surface area contributed by atoms with Crippen molar-refractivity contribution in [2.75, 3.05) is 20.3 Å². The molecule has 0 spiro atoms. The minimum Gasteiger partial charge on any atom is -0.383 e. The number of terminal acetylenes is 1. The first-order valence-corrected chi connectivity index (χ1v) is 6.13. The molecule has 0 bridgehead atoms. The maximum atomic E-state index is 12.4. The lowest BCUT2D eigenvalue weighted by atomic mass is 10.1. The number of carbonyl (C=O) groups excluding carboxylic acids is 1. The normalized spacial score (nSPS) is 18.7. The third kappa shape index (κ3) is 2.55. The molecule has 0 aromatic heterocycles. The topological polar surface area (TPSA) is 29.5 Å². The van der Waals surface area contributed by atoms with Crippen LogP contribution in [0.2, 0.25) is 0 Å². The summed E-state index contributed by atoms with van der Waals surface area (Å²) in [6, 6.07) is 7.39. The van der Waals surface area contributed by atoms with Crippen molar-refractivity contribution in [3.63, 3.8) is 0 Å². The number of hydrogen-bond acceptors (Lipinski definition) is 2. The summed E-state index contributed by atoms with van der Waals surface area (Å²) in [5.74, 6) is 2.61. The van der Waals surface area contributed by atoms with Crippen LogP contribution in [0.1, 0.15) is 28.8 Å². The van der Waals surface area contributed by atoms with Gasteiger partial charge in [0.05, 0.1) is 12.6 Å². The quantitative estimate of drug-likeness (QED) is 0.759. The molecule has 1 aromatic carbocycles. The number of methoxy groups -OCH3 is 1. The van der Waals surface area contributed by atoms with Crippen LogP contribution in [0.3, 0.4) is 0 Å². The Kier molecular flexibility index (Phi) is 4.01. The second-order valence-electron chi connectivity index (χ2n) is 4.47. The summed E-state index contributed by atoms with van der Waals surface area (Å²) in [4.78, 5) is 14.2. The molecule has 0 N–H and O–H groups in total. The first-order chi connectivity index (χ1) is 8.76. The maximum Gasteiger partial charge on any atom is 0.254 e. The highest BCUT2D eigenvalue weighted by molar-refractivity contribution is 5.94. The molecule has 1 saturated heterocycles. The molecule has 1 aliphatic heterocycles. The summed E-state index contributed by atoms with van der Waals surface area (Å²) in [5.41, 5.74) is 1.48. The summed E-state index contributed by atoms with van der Waals surface area (Å²) in [7, 11) is 1.67. The second kappa shape index (κ2) is 5.70. The van der Waals surface area contributed by atoms with Crippen LogP contribution in [0, 0.1) is 12.3 Å². The van der Waals surface area contributed by atoms with Gasteiger partial charge in [0.1, 0.15) is 0 Å². The summed E-state index contributed by atoms with van der Waals surface area (Å²) >= 11 is 0. The SMILES string of the molecule is C#Cc1ccc(C(=O)N2CCC[C@H]2COC)cc1. The van der Waals surface area contributed by atoms with Crippen molar-refractivity contribution in [2.45, 2.75) is 18.9 Å². The largest absolute Gasteiger partial charge is 0.383 e. The van der Waals surface area contributed by atoms with Crippen molar-refractivity contribution < 1.29 is 9.53 Å². The van der Waals surface area contributed by atoms with E-state index in [0.717, 1.165) is 24.9 Å². The van der Waals surface area contributed by atoms with Gasteiger partial charge in [-0.05, 0) is 37.1 Å². The number of hydrogen-bond donors (Lipinski definition) is 0. The molecule has 2 rings (SSSR count). The molecule has 1 fully saturated rings. The van der Waals surface area contributed by atoms with Gasteiger partial charge in [-0.3, -0.25) is 4.79 Å². The molecule has 18 heavy (non-hydrogen) atoms. The van der Waals surface area contributed by atoms with E-state index < -0.39 is 0 Å². The van der Waals surface area contributed by atoms with Crippen LogP contribution in [-0.2, 0) is 4.74 Å². The van der Waals surface area contributed by atoms with Gasteiger partial charge >= 0.3 is 0 Å². The number of rotatable bonds is 3. The van der Waals surface area contributed by atoms with Gasteiger partial charge in [-0.1, -0.05) is 5.92 Å². The summed E-state index contributed by atoms with van der Waals surface area (Å²) < 4.78 is 5.16. The van der Waals surface area contributed by atoms with Gasteiger partial charge < -0.3 is 9.64 Å². The molecule has 0 radical (unpaired) electrons. The van der Waals surface area contributed by atoms with Crippen molar-refractivity contribution in [1.29, 1.82) is 0 Å². The van der Waals surface area contributed by atoms with Gasteiger partial charge in [0.25, 0.3) is 5.91 Å². The van der Waals surface area contributed by atoms with E-state index in [1.54, 1.807) is 31.4 Å². The van der Waals surface area contributed by atoms with E-state index in [-0.39, 0.29) is 11.9 Å². The molecule has 94 valence electrons. The monoisotopic (exact) mass is 243 g/mol. The van der Waals surface area contributed by atoms with Gasteiger partial charge in [0, 0.05) is 24.8 Å². The zero-order chi connectivity index (χ0) is 13.0. The first-order valence-electron chi connectivity index (χ1n) is 6.13. The lowest BCUT2D eigenvalue weighted by Crippen LogP contribution is -2.38. The predicted molar refractivity (Wildman–Crippen MR) is 70.3 cm³/mol. The van der Waals surface area contributed by atoms with Gasteiger partial charge in [0.15, 0.2) is 0 Å². The van der Waals surface area contributed by atoms with Crippen LogP contribution in [-0.4, -0.2) is 37.1 Å². The van der Waals surface area contributed by atoms with Crippen LogP contribution in [0.4, 0.5) is 0 Å². The van der Waals surface area contributed by atoms with E-state index >= 15 is 0 Å². The van der Waals surface area contributed by atoms with Gasteiger partial charge in [-0.25, -0.2) is 0 Å². The highest BCUT2D eigenvalue weighted by Crippen LogP contribution is 2.20. The zero-order valence-corrected chi connectivity index (χ0v) is 10.6. The van der Waals surface area contributed by atoms with Crippen molar-refractivity contribution in [2.24, 2.45) is 0 Å². The molecular weight excluding hydrogens is 226 g/mol. The average molecular weight is 243 g/mol. The fraction of sp³-hybridized carbons (Fsp3) is 0.400. The van der Waals surface area contributed by atoms with Crippen LogP contribution in [0.15, 0.2) is 24.3 Å². The van der Waals surface area contributed by atoms with Crippen LogP contribution < -0.4 is 0 Å².